The van der Waals surface area contributed by atoms with Crippen molar-refractivity contribution in [2.45, 2.75) is 6.18 Å². The van der Waals surface area contributed by atoms with Crippen molar-refractivity contribution in [2.24, 2.45) is 7.05 Å². The zero-order valence-corrected chi connectivity index (χ0v) is 11.8. The number of rotatable bonds is 2. The number of benzene rings is 1. The number of nitrogens with zero attached hydrogens (tertiary/aromatic N) is 3. The lowest BCUT2D eigenvalue weighted by molar-refractivity contribution is -0.137. The monoisotopic (exact) mass is 307 g/mol. The zero-order chi connectivity index (χ0) is 15.9. The maximum atomic E-state index is 12.9. The Kier molecular flexibility index (Phi) is 3.27. The summed E-state index contributed by atoms with van der Waals surface area (Å²) < 4.78 is 45.7. The van der Waals surface area contributed by atoms with Gasteiger partial charge in [0.15, 0.2) is 0 Å². The summed E-state index contributed by atoms with van der Waals surface area (Å²) in [7, 11) is 3.14. The first kappa shape index (κ1) is 14.4. The number of pyridine rings is 1. The number of aromatic nitrogens is 3. The van der Waals surface area contributed by atoms with Gasteiger partial charge in [0.25, 0.3) is 0 Å². The molecule has 0 aliphatic heterocycles. The number of imidazole rings is 1. The molecular weight excluding hydrogens is 295 g/mol. The van der Waals surface area contributed by atoms with Crippen molar-refractivity contribution in [3.63, 3.8) is 0 Å². The summed E-state index contributed by atoms with van der Waals surface area (Å²) in [5.41, 5.74) is 0.938. The molecule has 22 heavy (non-hydrogen) atoms. The highest BCUT2D eigenvalue weighted by atomic mass is 19.4. The van der Waals surface area contributed by atoms with Crippen LogP contribution in [0, 0.1) is 0 Å². The van der Waals surface area contributed by atoms with Crippen molar-refractivity contribution in [3.8, 4) is 17.1 Å². The van der Waals surface area contributed by atoms with Gasteiger partial charge in [-0.3, -0.25) is 4.98 Å². The van der Waals surface area contributed by atoms with Crippen LogP contribution in [0.2, 0.25) is 0 Å². The lowest BCUT2D eigenvalue weighted by Crippen LogP contribution is -2.06. The molecule has 0 fully saturated rings. The normalized spacial score (nSPS) is 11.9. The van der Waals surface area contributed by atoms with Crippen molar-refractivity contribution in [3.05, 3.63) is 42.2 Å². The van der Waals surface area contributed by atoms with Crippen molar-refractivity contribution >= 4 is 11.0 Å². The van der Waals surface area contributed by atoms with E-state index in [-0.39, 0.29) is 5.56 Å². The maximum absolute atomic E-state index is 12.9. The molecule has 1 aromatic carbocycles. The topological polar surface area (TPSA) is 39.9 Å². The van der Waals surface area contributed by atoms with E-state index in [1.54, 1.807) is 30.1 Å². The average molecular weight is 307 g/mol. The highest BCUT2D eigenvalue weighted by Gasteiger charge is 2.31. The van der Waals surface area contributed by atoms with Crippen LogP contribution in [0.25, 0.3) is 22.4 Å². The summed E-state index contributed by atoms with van der Waals surface area (Å²) in [5.74, 6) is 0.727. The Morgan fingerprint density at radius 3 is 2.59 bits per heavy atom. The second-order valence-corrected chi connectivity index (χ2v) is 4.77. The summed E-state index contributed by atoms with van der Waals surface area (Å²) in [5, 5.41) is 0. The number of methoxy groups -OCH3 is 1. The Hall–Kier alpha value is -2.57. The van der Waals surface area contributed by atoms with Gasteiger partial charge >= 0.3 is 6.18 Å². The fraction of sp³-hybridized carbons (Fsp3) is 0.200. The van der Waals surface area contributed by atoms with E-state index in [4.69, 9.17) is 4.74 Å². The number of alkyl halides is 3. The van der Waals surface area contributed by atoms with Gasteiger partial charge < -0.3 is 9.30 Å². The molecule has 3 aromatic rings. The standard InChI is InChI=1S/C15H12F3N3O/c1-21-12-8-19-6-5-11(12)20-14(21)10-7-9(15(16,17)18)3-4-13(10)22-2/h3-8H,1-2H3. The molecule has 3 rings (SSSR count). The Balaban J connectivity index is 2.26. The molecule has 0 amide bonds. The minimum Gasteiger partial charge on any atom is -0.496 e. The number of hydrogen-bond acceptors (Lipinski definition) is 3. The third kappa shape index (κ3) is 2.28. The van der Waals surface area contributed by atoms with Gasteiger partial charge in [0.1, 0.15) is 11.6 Å². The second-order valence-electron chi connectivity index (χ2n) is 4.77. The molecule has 0 unspecified atom stereocenters. The van der Waals surface area contributed by atoms with Crippen LogP contribution in [0.5, 0.6) is 5.75 Å². The van der Waals surface area contributed by atoms with E-state index in [1.807, 2.05) is 0 Å². The highest BCUT2D eigenvalue weighted by molar-refractivity contribution is 5.81. The van der Waals surface area contributed by atoms with E-state index in [2.05, 4.69) is 9.97 Å². The van der Waals surface area contributed by atoms with Crippen molar-refractivity contribution < 1.29 is 17.9 Å². The molecular formula is C15H12F3N3O. The molecule has 0 bridgehead atoms. The second kappa shape index (κ2) is 5.01. The Labute approximate surface area is 124 Å². The highest BCUT2D eigenvalue weighted by Crippen LogP contribution is 2.37. The molecule has 0 saturated carbocycles. The number of hydrogen-bond donors (Lipinski definition) is 0. The van der Waals surface area contributed by atoms with E-state index >= 15 is 0 Å². The van der Waals surface area contributed by atoms with Gasteiger partial charge in [0.05, 0.1) is 35.5 Å². The van der Waals surface area contributed by atoms with E-state index in [0.29, 0.717) is 17.1 Å². The molecule has 2 heterocycles. The largest absolute Gasteiger partial charge is 0.496 e. The van der Waals surface area contributed by atoms with Crippen LogP contribution in [0.3, 0.4) is 0 Å². The van der Waals surface area contributed by atoms with Gasteiger partial charge in [-0.1, -0.05) is 0 Å². The summed E-state index contributed by atoms with van der Waals surface area (Å²) in [6.45, 7) is 0. The van der Waals surface area contributed by atoms with Gasteiger partial charge in [0.2, 0.25) is 0 Å². The SMILES string of the molecule is COc1ccc(C(F)(F)F)cc1-c1nc2ccncc2n1C. The van der Waals surface area contributed by atoms with E-state index in [9.17, 15) is 13.2 Å². The quantitative estimate of drug-likeness (QED) is 0.725. The maximum Gasteiger partial charge on any atom is 0.416 e. The van der Waals surface area contributed by atoms with Crippen LogP contribution < -0.4 is 4.74 Å². The minimum atomic E-state index is -4.42. The predicted octanol–water partition coefficient (Wildman–Crippen LogP) is 3.66. The van der Waals surface area contributed by atoms with Crippen LogP contribution in [0.1, 0.15) is 5.56 Å². The predicted molar refractivity (Wildman–Crippen MR) is 75.5 cm³/mol. The number of aryl methyl sites for hydroxylation is 1. The van der Waals surface area contributed by atoms with Crippen LogP contribution in [0.4, 0.5) is 13.2 Å². The molecule has 4 nitrogen and oxygen atoms in total. The average Bonchev–Trinajstić information content (AvgIpc) is 2.83. The summed E-state index contributed by atoms with van der Waals surface area (Å²) in [6, 6.07) is 5.05. The van der Waals surface area contributed by atoms with Gasteiger partial charge in [-0.15, -0.1) is 0 Å². The lowest BCUT2D eigenvalue weighted by Gasteiger charge is -2.12. The Morgan fingerprint density at radius 1 is 1.18 bits per heavy atom. The summed E-state index contributed by atoms with van der Waals surface area (Å²) in [4.78, 5) is 8.40. The first-order valence-electron chi connectivity index (χ1n) is 6.44. The van der Waals surface area contributed by atoms with Crippen LogP contribution in [0.15, 0.2) is 36.7 Å². The fourth-order valence-corrected chi connectivity index (χ4v) is 2.33. The van der Waals surface area contributed by atoms with Crippen LogP contribution in [-0.2, 0) is 13.2 Å². The number of ether oxygens (including phenoxy) is 1. The lowest BCUT2D eigenvalue weighted by atomic mass is 10.1. The van der Waals surface area contributed by atoms with Gasteiger partial charge in [-0.25, -0.2) is 4.98 Å². The third-order valence-electron chi connectivity index (χ3n) is 3.45. The molecule has 114 valence electrons. The fourth-order valence-electron chi connectivity index (χ4n) is 2.33. The molecule has 0 spiro atoms. The first-order chi connectivity index (χ1) is 10.4. The number of halogens is 3. The molecule has 0 atom stereocenters. The van der Waals surface area contributed by atoms with Crippen LogP contribution >= 0.6 is 0 Å². The molecule has 7 heteroatoms. The smallest absolute Gasteiger partial charge is 0.416 e. The Bertz CT molecular complexity index is 840. The molecule has 0 radical (unpaired) electrons. The van der Waals surface area contributed by atoms with Crippen LogP contribution in [-0.4, -0.2) is 21.6 Å². The summed E-state index contributed by atoms with van der Waals surface area (Å²) >= 11 is 0. The minimum absolute atomic E-state index is 0.288. The third-order valence-corrected chi connectivity index (χ3v) is 3.45. The first-order valence-corrected chi connectivity index (χ1v) is 6.44. The molecule has 0 aliphatic carbocycles. The van der Waals surface area contributed by atoms with E-state index in [0.717, 1.165) is 17.6 Å². The van der Waals surface area contributed by atoms with E-state index in [1.165, 1.54) is 13.2 Å². The van der Waals surface area contributed by atoms with Crippen molar-refractivity contribution in [1.29, 1.82) is 0 Å². The number of fused-ring (bicyclic) bond motifs is 1. The van der Waals surface area contributed by atoms with Gasteiger partial charge in [0, 0.05) is 13.2 Å². The van der Waals surface area contributed by atoms with Crippen molar-refractivity contribution in [2.75, 3.05) is 7.11 Å². The van der Waals surface area contributed by atoms with Crippen molar-refractivity contribution in [1.82, 2.24) is 14.5 Å². The van der Waals surface area contributed by atoms with E-state index < -0.39 is 11.7 Å². The van der Waals surface area contributed by atoms with Gasteiger partial charge in [-0.2, -0.15) is 13.2 Å². The Morgan fingerprint density at radius 2 is 1.95 bits per heavy atom. The molecule has 0 N–H and O–H groups in total. The summed E-state index contributed by atoms with van der Waals surface area (Å²) in [6.07, 6.45) is -1.22. The zero-order valence-electron chi connectivity index (χ0n) is 11.8. The molecule has 0 aliphatic rings. The van der Waals surface area contributed by atoms with Gasteiger partial charge in [-0.05, 0) is 24.3 Å². The molecule has 2 aromatic heterocycles. The molecule has 0 saturated heterocycles.